The zero-order valence-electron chi connectivity index (χ0n) is 9.43. The maximum absolute atomic E-state index is 13.6. The monoisotopic (exact) mass is 262 g/mol. The number of nitrogens with zero attached hydrogens (tertiary/aromatic N) is 4. The number of nitriles is 1. The van der Waals surface area contributed by atoms with Crippen LogP contribution in [0.25, 0.3) is 0 Å². The van der Waals surface area contributed by atoms with Gasteiger partial charge in [0.2, 0.25) is 5.28 Å². The molecule has 1 heterocycles. The van der Waals surface area contributed by atoms with Gasteiger partial charge in [-0.1, -0.05) is 6.07 Å². The lowest BCUT2D eigenvalue weighted by atomic mass is 10.2. The van der Waals surface area contributed by atoms with Gasteiger partial charge in [0.25, 0.3) is 0 Å². The Labute approximate surface area is 108 Å². The van der Waals surface area contributed by atoms with Gasteiger partial charge in [-0.2, -0.15) is 10.2 Å². The minimum Gasteiger partial charge on any atom is -0.327 e. The minimum absolute atomic E-state index is 0.0327. The largest absolute Gasteiger partial charge is 0.327 e. The molecule has 4 nitrogen and oxygen atoms in total. The number of aromatic nitrogens is 2. The third-order valence-electron chi connectivity index (χ3n) is 2.38. The molecule has 0 atom stereocenters. The van der Waals surface area contributed by atoms with Crippen LogP contribution in [0.3, 0.4) is 0 Å². The number of benzene rings is 1. The van der Waals surface area contributed by atoms with Gasteiger partial charge in [0.05, 0.1) is 17.8 Å². The van der Waals surface area contributed by atoms with Crippen LogP contribution in [0, 0.1) is 17.1 Å². The van der Waals surface area contributed by atoms with E-state index >= 15 is 0 Å². The second-order valence-electron chi connectivity index (χ2n) is 3.53. The molecule has 0 bridgehead atoms. The first-order valence-corrected chi connectivity index (χ1v) is 5.41. The molecular formula is C12H8ClFN4. The van der Waals surface area contributed by atoms with E-state index < -0.39 is 5.82 Å². The van der Waals surface area contributed by atoms with Gasteiger partial charge >= 0.3 is 0 Å². The Bertz CT molecular complexity index is 624. The van der Waals surface area contributed by atoms with Crippen molar-refractivity contribution in [2.45, 2.75) is 0 Å². The molecular weight excluding hydrogens is 255 g/mol. The summed E-state index contributed by atoms with van der Waals surface area (Å²) in [6, 6.07) is 8.78. The molecule has 6 heteroatoms. The van der Waals surface area contributed by atoms with Crippen LogP contribution in [0.5, 0.6) is 0 Å². The molecule has 0 aliphatic heterocycles. The molecule has 0 amide bonds. The van der Waals surface area contributed by atoms with Gasteiger partial charge in [0, 0.05) is 12.7 Å². The van der Waals surface area contributed by atoms with E-state index in [2.05, 4.69) is 9.97 Å². The molecule has 18 heavy (non-hydrogen) atoms. The van der Waals surface area contributed by atoms with Gasteiger partial charge in [0.1, 0.15) is 0 Å². The highest BCUT2D eigenvalue weighted by molar-refractivity contribution is 6.28. The van der Waals surface area contributed by atoms with Gasteiger partial charge in [0.15, 0.2) is 11.6 Å². The summed E-state index contributed by atoms with van der Waals surface area (Å²) in [7, 11) is 1.64. The predicted molar refractivity (Wildman–Crippen MR) is 66.2 cm³/mol. The van der Waals surface area contributed by atoms with Crippen molar-refractivity contribution in [3.63, 3.8) is 0 Å². The molecule has 0 aliphatic carbocycles. The molecule has 1 aromatic heterocycles. The normalized spacial score (nSPS) is 9.89. The molecule has 0 unspecified atom stereocenters. The number of halogens is 2. The molecule has 0 N–H and O–H groups in total. The van der Waals surface area contributed by atoms with Gasteiger partial charge in [-0.05, 0) is 29.8 Å². The van der Waals surface area contributed by atoms with E-state index in [1.807, 2.05) is 6.07 Å². The maximum atomic E-state index is 13.6. The fraction of sp³-hybridized carbons (Fsp3) is 0.0833. The van der Waals surface area contributed by atoms with Crippen molar-refractivity contribution >= 4 is 23.1 Å². The maximum Gasteiger partial charge on any atom is 0.224 e. The summed E-state index contributed by atoms with van der Waals surface area (Å²) in [6.45, 7) is 0. The van der Waals surface area contributed by atoms with Gasteiger partial charge in [-0.25, -0.2) is 9.37 Å². The molecule has 0 saturated carbocycles. The number of hydrogen-bond donors (Lipinski definition) is 0. The van der Waals surface area contributed by atoms with Crippen molar-refractivity contribution in [3.05, 3.63) is 47.1 Å². The summed E-state index contributed by atoms with van der Waals surface area (Å²) in [5, 5.41) is 8.79. The van der Waals surface area contributed by atoms with Crippen molar-refractivity contribution in [1.82, 2.24) is 9.97 Å². The van der Waals surface area contributed by atoms with Crippen molar-refractivity contribution in [3.8, 4) is 6.07 Å². The number of rotatable bonds is 2. The van der Waals surface area contributed by atoms with Crippen molar-refractivity contribution < 1.29 is 4.39 Å². The Balaban J connectivity index is 2.44. The molecule has 0 saturated heterocycles. The van der Waals surface area contributed by atoms with Crippen LogP contribution in [-0.4, -0.2) is 17.0 Å². The third kappa shape index (κ3) is 2.39. The molecule has 2 rings (SSSR count). The topological polar surface area (TPSA) is 52.8 Å². The highest BCUT2D eigenvalue weighted by Gasteiger charge is 2.13. The summed E-state index contributed by atoms with van der Waals surface area (Å²) in [5.74, 6) is -0.519. The van der Waals surface area contributed by atoms with E-state index in [0.717, 1.165) is 6.20 Å². The first kappa shape index (κ1) is 12.3. The zero-order chi connectivity index (χ0) is 13.1. The number of hydrogen-bond acceptors (Lipinski definition) is 4. The highest BCUT2D eigenvalue weighted by Crippen LogP contribution is 2.25. The van der Waals surface area contributed by atoms with Crippen LogP contribution < -0.4 is 4.90 Å². The molecule has 90 valence electrons. The summed E-state index contributed by atoms with van der Waals surface area (Å²) < 4.78 is 13.6. The SMILES string of the molecule is CN(c1cccc(C#N)c1)c1nc(Cl)ncc1F. The van der Waals surface area contributed by atoms with E-state index in [1.54, 1.807) is 31.3 Å². The van der Waals surface area contributed by atoms with Crippen LogP contribution in [0.1, 0.15) is 5.56 Å². The van der Waals surface area contributed by atoms with Gasteiger partial charge in [-0.15, -0.1) is 0 Å². The summed E-state index contributed by atoms with van der Waals surface area (Å²) >= 11 is 5.64. The summed E-state index contributed by atoms with van der Waals surface area (Å²) in [4.78, 5) is 8.88. The lowest BCUT2D eigenvalue weighted by Gasteiger charge is -2.18. The standard InChI is InChI=1S/C12H8ClFN4/c1-18(9-4-2-3-8(5-9)6-15)11-10(14)7-16-12(13)17-11/h2-5,7H,1H3. The van der Waals surface area contributed by atoms with E-state index in [1.165, 1.54) is 4.90 Å². The van der Waals surface area contributed by atoms with Gasteiger partial charge < -0.3 is 4.90 Å². The minimum atomic E-state index is -0.579. The summed E-state index contributed by atoms with van der Waals surface area (Å²) in [5.41, 5.74) is 1.13. The molecule has 0 spiro atoms. The first-order chi connectivity index (χ1) is 8.61. The average molecular weight is 263 g/mol. The molecule has 0 fully saturated rings. The Kier molecular flexibility index (Phi) is 3.40. The second-order valence-corrected chi connectivity index (χ2v) is 3.87. The van der Waals surface area contributed by atoms with Crippen molar-refractivity contribution in [1.29, 1.82) is 5.26 Å². The molecule has 1 aromatic carbocycles. The van der Waals surface area contributed by atoms with Crippen LogP contribution in [0.2, 0.25) is 5.28 Å². The van der Waals surface area contributed by atoms with Crippen molar-refractivity contribution in [2.75, 3.05) is 11.9 Å². The highest BCUT2D eigenvalue weighted by atomic mass is 35.5. The van der Waals surface area contributed by atoms with Crippen LogP contribution >= 0.6 is 11.6 Å². The second kappa shape index (κ2) is 4.98. The Morgan fingerprint density at radius 3 is 2.94 bits per heavy atom. The lowest BCUT2D eigenvalue weighted by molar-refractivity contribution is 0.613. The average Bonchev–Trinajstić information content (AvgIpc) is 2.41. The summed E-state index contributed by atoms with van der Waals surface area (Å²) in [6.07, 6.45) is 1.01. The zero-order valence-corrected chi connectivity index (χ0v) is 10.2. The smallest absolute Gasteiger partial charge is 0.224 e. The fourth-order valence-corrected chi connectivity index (χ4v) is 1.61. The van der Waals surface area contributed by atoms with E-state index in [-0.39, 0.29) is 11.1 Å². The Hall–Kier alpha value is -2.19. The van der Waals surface area contributed by atoms with E-state index in [0.29, 0.717) is 11.3 Å². The molecule has 2 aromatic rings. The quantitative estimate of drug-likeness (QED) is 0.781. The lowest BCUT2D eigenvalue weighted by Crippen LogP contribution is -2.13. The van der Waals surface area contributed by atoms with E-state index in [4.69, 9.17) is 16.9 Å². The van der Waals surface area contributed by atoms with Crippen molar-refractivity contribution in [2.24, 2.45) is 0 Å². The van der Waals surface area contributed by atoms with Crippen LogP contribution in [0.4, 0.5) is 15.9 Å². The van der Waals surface area contributed by atoms with E-state index in [9.17, 15) is 4.39 Å². The first-order valence-electron chi connectivity index (χ1n) is 5.04. The van der Waals surface area contributed by atoms with Crippen LogP contribution in [0.15, 0.2) is 30.5 Å². The van der Waals surface area contributed by atoms with Gasteiger partial charge in [-0.3, -0.25) is 0 Å². The Morgan fingerprint density at radius 2 is 2.22 bits per heavy atom. The molecule has 0 radical (unpaired) electrons. The Morgan fingerprint density at radius 1 is 1.44 bits per heavy atom. The fourth-order valence-electron chi connectivity index (χ4n) is 1.48. The molecule has 0 aliphatic rings. The van der Waals surface area contributed by atoms with Crippen LogP contribution in [-0.2, 0) is 0 Å². The predicted octanol–water partition coefficient (Wildman–Crippen LogP) is 2.91. The third-order valence-corrected chi connectivity index (χ3v) is 2.56. The number of anilines is 2.